The lowest BCUT2D eigenvalue weighted by atomic mass is 9.85. The summed E-state index contributed by atoms with van der Waals surface area (Å²) >= 11 is 0. The van der Waals surface area contributed by atoms with Gasteiger partial charge in [-0.15, -0.1) is 0 Å². The van der Waals surface area contributed by atoms with Crippen LogP contribution in [0.1, 0.15) is 43.7 Å². The number of anilines is 1. The summed E-state index contributed by atoms with van der Waals surface area (Å²) in [5.41, 5.74) is 1.07. The monoisotopic (exact) mass is 445 g/mol. The van der Waals surface area contributed by atoms with Crippen molar-refractivity contribution in [3.63, 3.8) is 0 Å². The van der Waals surface area contributed by atoms with Crippen LogP contribution < -0.4 is 9.62 Å². The van der Waals surface area contributed by atoms with Gasteiger partial charge in [-0.3, -0.25) is 0 Å². The van der Waals surface area contributed by atoms with Crippen LogP contribution in [0.5, 0.6) is 0 Å². The lowest BCUT2D eigenvalue weighted by Gasteiger charge is -2.40. The zero-order valence-electron chi connectivity index (χ0n) is 17.9. The molecule has 2 aromatic rings. The third-order valence-electron chi connectivity index (χ3n) is 6.30. The van der Waals surface area contributed by atoms with Crippen molar-refractivity contribution >= 4 is 15.8 Å². The predicted octanol–water partition coefficient (Wildman–Crippen LogP) is 2.36. The van der Waals surface area contributed by atoms with Crippen molar-refractivity contribution in [2.75, 3.05) is 30.9 Å². The van der Waals surface area contributed by atoms with E-state index in [1.165, 1.54) is 6.26 Å². The first kappa shape index (κ1) is 22.1. The first-order valence-electron chi connectivity index (χ1n) is 11.0. The molecule has 2 fully saturated rings. The van der Waals surface area contributed by atoms with Crippen molar-refractivity contribution in [3.05, 3.63) is 48.4 Å². The minimum Gasteiger partial charge on any atom is -0.378 e. The fourth-order valence-corrected chi connectivity index (χ4v) is 5.56. The first-order valence-corrected chi connectivity index (χ1v) is 12.9. The summed E-state index contributed by atoms with van der Waals surface area (Å²) in [6.07, 6.45) is 9.72. The number of rotatable bonds is 7. The van der Waals surface area contributed by atoms with Crippen LogP contribution >= 0.6 is 0 Å². The normalized spacial score (nSPS) is 27.2. The van der Waals surface area contributed by atoms with Gasteiger partial charge in [-0.25, -0.2) is 18.1 Å². The molecule has 0 amide bonds. The summed E-state index contributed by atoms with van der Waals surface area (Å²) in [5, 5.41) is 8.26. The highest BCUT2D eigenvalue weighted by Gasteiger charge is 2.33. The van der Waals surface area contributed by atoms with E-state index < -0.39 is 10.0 Å². The molecule has 1 aliphatic carbocycles. The highest BCUT2D eigenvalue weighted by Crippen LogP contribution is 2.33. The van der Waals surface area contributed by atoms with Crippen LogP contribution in [-0.4, -0.2) is 61.7 Å². The van der Waals surface area contributed by atoms with Crippen molar-refractivity contribution in [3.8, 4) is 0 Å². The summed E-state index contributed by atoms with van der Waals surface area (Å²) in [6.45, 7) is 2.03. The smallest absolute Gasteiger partial charge is 0.208 e. The third-order valence-corrected chi connectivity index (χ3v) is 7.03. The van der Waals surface area contributed by atoms with Crippen molar-refractivity contribution in [1.29, 1.82) is 0 Å². The maximum atomic E-state index is 11.9. The highest BCUT2D eigenvalue weighted by molar-refractivity contribution is 7.88. The van der Waals surface area contributed by atoms with Crippen LogP contribution in [0.4, 0.5) is 5.82 Å². The molecule has 8 nitrogen and oxygen atoms in total. The SMILES string of the molecule is CS(=O)(=O)NC1CCN(c2ccccn2)CC1COC1CCC(c2cccnn2)CC1. The van der Waals surface area contributed by atoms with Crippen molar-refractivity contribution < 1.29 is 13.2 Å². The zero-order chi connectivity index (χ0) is 21.7. The van der Waals surface area contributed by atoms with Gasteiger partial charge in [0.2, 0.25) is 10.0 Å². The number of hydrogen-bond donors (Lipinski definition) is 1. The Bertz CT molecular complexity index is 921. The Morgan fingerprint density at radius 3 is 2.61 bits per heavy atom. The number of sulfonamides is 1. The Kier molecular flexibility index (Phi) is 7.14. The van der Waals surface area contributed by atoms with E-state index in [-0.39, 0.29) is 18.1 Å². The molecule has 3 heterocycles. The van der Waals surface area contributed by atoms with Gasteiger partial charge >= 0.3 is 0 Å². The van der Waals surface area contributed by atoms with Gasteiger partial charge in [-0.1, -0.05) is 6.07 Å². The summed E-state index contributed by atoms with van der Waals surface area (Å²) in [6, 6.07) is 9.75. The molecule has 1 saturated heterocycles. The van der Waals surface area contributed by atoms with Crippen LogP contribution in [0.2, 0.25) is 0 Å². The fraction of sp³-hybridized carbons (Fsp3) is 0.591. The minimum absolute atomic E-state index is 0.0724. The molecule has 0 aromatic carbocycles. The topological polar surface area (TPSA) is 97.3 Å². The summed E-state index contributed by atoms with van der Waals surface area (Å²) in [4.78, 5) is 6.68. The Morgan fingerprint density at radius 2 is 1.94 bits per heavy atom. The minimum atomic E-state index is -3.27. The molecule has 2 aliphatic rings. The summed E-state index contributed by atoms with van der Waals surface area (Å²) in [5.74, 6) is 1.44. The Labute approximate surface area is 184 Å². The van der Waals surface area contributed by atoms with Gasteiger partial charge in [0.1, 0.15) is 5.82 Å². The van der Waals surface area contributed by atoms with Crippen LogP contribution in [0, 0.1) is 5.92 Å². The van der Waals surface area contributed by atoms with Crippen molar-refractivity contribution in [2.45, 2.75) is 50.2 Å². The van der Waals surface area contributed by atoms with Gasteiger partial charge < -0.3 is 9.64 Å². The number of ether oxygens (including phenoxy) is 1. The second kappa shape index (κ2) is 10.0. The van der Waals surface area contributed by atoms with E-state index >= 15 is 0 Å². The molecular weight excluding hydrogens is 414 g/mol. The van der Waals surface area contributed by atoms with Gasteiger partial charge in [0.25, 0.3) is 0 Å². The molecule has 168 valence electrons. The zero-order valence-corrected chi connectivity index (χ0v) is 18.7. The van der Waals surface area contributed by atoms with Crippen molar-refractivity contribution in [2.24, 2.45) is 5.92 Å². The van der Waals surface area contributed by atoms with E-state index in [9.17, 15) is 8.42 Å². The highest BCUT2D eigenvalue weighted by atomic mass is 32.2. The van der Waals surface area contributed by atoms with E-state index in [0.29, 0.717) is 12.5 Å². The van der Waals surface area contributed by atoms with E-state index in [2.05, 4.69) is 30.9 Å². The molecule has 0 radical (unpaired) electrons. The first-order chi connectivity index (χ1) is 15.0. The van der Waals surface area contributed by atoms with Gasteiger partial charge in [0, 0.05) is 43.4 Å². The molecule has 1 saturated carbocycles. The molecule has 2 atom stereocenters. The van der Waals surface area contributed by atoms with Gasteiger partial charge in [0.05, 0.1) is 24.7 Å². The average molecular weight is 446 g/mol. The predicted molar refractivity (Wildman–Crippen MR) is 119 cm³/mol. The van der Waals surface area contributed by atoms with Crippen molar-refractivity contribution in [1.82, 2.24) is 19.9 Å². The largest absolute Gasteiger partial charge is 0.378 e. The molecule has 4 rings (SSSR count). The van der Waals surface area contributed by atoms with E-state index in [4.69, 9.17) is 4.74 Å². The molecular formula is C22H31N5O3S. The molecule has 2 aromatic heterocycles. The average Bonchev–Trinajstić information content (AvgIpc) is 2.79. The number of aromatic nitrogens is 3. The summed E-state index contributed by atoms with van der Waals surface area (Å²) in [7, 11) is -3.27. The fourth-order valence-electron chi connectivity index (χ4n) is 4.70. The van der Waals surface area contributed by atoms with Gasteiger partial charge in [-0.05, 0) is 56.4 Å². The molecule has 9 heteroatoms. The van der Waals surface area contributed by atoms with E-state index in [0.717, 1.165) is 56.7 Å². The van der Waals surface area contributed by atoms with Gasteiger partial charge in [-0.2, -0.15) is 10.2 Å². The maximum Gasteiger partial charge on any atom is 0.208 e. The molecule has 31 heavy (non-hydrogen) atoms. The number of nitrogens with one attached hydrogen (secondary N) is 1. The molecule has 0 bridgehead atoms. The Balaban J connectivity index is 1.34. The standard InChI is InChI=1S/C22H31N5O3S/c1-31(28,29)26-21-11-14-27(22-6-2-3-12-23-22)15-18(21)16-30-19-9-7-17(8-10-19)20-5-4-13-24-25-20/h2-6,12-13,17-19,21,26H,7-11,14-16H2,1H3. The number of nitrogens with zero attached hydrogens (tertiary/aromatic N) is 4. The van der Waals surface area contributed by atoms with E-state index in [1.54, 1.807) is 12.4 Å². The Morgan fingerprint density at radius 1 is 1.10 bits per heavy atom. The quantitative estimate of drug-likeness (QED) is 0.699. The molecule has 2 unspecified atom stereocenters. The number of pyridine rings is 1. The van der Waals surface area contributed by atoms with Gasteiger partial charge in [0.15, 0.2) is 0 Å². The molecule has 1 N–H and O–H groups in total. The van der Waals surface area contributed by atoms with Crippen LogP contribution in [0.3, 0.4) is 0 Å². The lowest BCUT2D eigenvalue weighted by molar-refractivity contribution is -0.00236. The Hall–Kier alpha value is -2.10. The molecule has 0 spiro atoms. The second-order valence-corrected chi connectivity index (χ2v) is 10.4. The van der Waals surface area contributed by atoms with Crippen LogP contribution in [-0.2, 0) is 14.8 Å². The number of piperidine rings is 1. The maximum absolute atomic E-state index is 11.9. The molecule has 1 aliphatic heterocycles. The summed E-state index contributed by atoms with van der Waals surface area (Å²) < 4.78 is 32.9. The van der Waals surface area contributed by atoms with Crippen LogP contribution in [0.15, 0.2) is 42.7 Å². The third kappa shape index (κ3) is 6.21. The van der Waals surface area contributed by atoms with Crippen LogP contribution in [0.25, 0.3) is 0 Å². The number of hydrogen-bond acceptors (Lipinski definition) is 7. The van der Waals surface area contributed by atoms with E-state index in [1.807, 2.05) is 24.3 Å². The lowest BCUT2D eigenvalue weighted by Crippen LogP contribution is -2.52. The second-order valence-electron chi connectivity index (χ2n) is 8.63.